The predicted octanol–water partition coefficient (Wildman–Crippen LogP) is 2.41. The number of sulfonamides is 1. The van der Waals surface area contributed by atoms with Crippen molar-refractivity contribution in [3.05, 3.63) is 46.2 Å². The van der Waals surface area contributed by atoms with E-state index >= 15 is 0 Å². The third kappa shape index (κ3) is 3.17. The van der Waals surface area contributed by atoms with Crippen LogP contribution >= 0.6 is 11.3 Å². The van der Waals surface area contributed by atoms with Crippen molar-refractivity contribution in [2.75, 3.05) is 7.05 Å². The molecule has 1 aromatic carbocycles. The van der Waals surface area contributed by atoms with Gasteiger partial charge in [0.15, 0.2) is 0 Å². The largest absolute Gasteiger partial charge is 0.245 e. The van der Waals surface area contributed by atoms with Gasteiger partial charge in [-0.25, -0.2) is 17.8 Å². The van der Waals surface area contributed by atoms with E-state index in [1.807, 2.05) is 12.3 Å². The molecule has 7 heteroatoms. The van der Waals surface area contributed by atoms with Crippen molar-refractivity contribution in [2.24, 2.45) is 0 Å². The number of aryl methyl sites for hydroxylation is 1. The van der Waals surface area contributed by atoms with Gasteiger partial charge in [-0.3, -0.25) is 0 Å². The number of aromatic nitrogens is 1. The molecule has 19 heavy (non-hydrogen) atoms. The van der Waals surface area contributed by atoms with Crippen LogP contribution in [0.4, 0.5) is 4.39 Å². The van der Waals surface area contributed by atoms with Crippen LogP contribution in [-0.4, -0.2) is 24.8 Å². The molecule has 0 saturated carbocycles. The van der Waals surface area contributed by atoms with E-state index in [1.54, 1.807) is 0 Å². The molecule has 0 saturated heterocycles. The normalized spacial score (nSPS) is 12.0. The van der Waals surface area contributed by atoms with Gasteiger partial charge >= 0.3 is 0 Å². The first-order valence-corrected chi connectivity index (χ1v) is 7.84. The molecule has 0 bridgehead atoms. The Morgan fingerprint density at radius 2 is 1.95 bits per heavy atom. The average molecular weight is 300 g/mol. The third-order valence-corrected chi connectivity index (χ3v) is 5.21. The van der Waals surface area contributed by atoms with E-state index < -0.39 is 15.8 Å². The van der Waals surface area contributed by atoms with E-state index in [-0.39, 0.29) is 11.4 Å². The molecular formula is C12H13FN2O2S2. The van der Waals surface area contributed by atoms with Gasteiger partial charge in [-0.15, -0.1) is 11.3 Å². The van der Waals surface area contributed by atoms with Crippen molar-refractivity contribution >= 4 is 21.4 Å². The highest BCUT2D eigenvalue weighted by Crippen LogP contribution is 2.18. The summed E-state index contributed by atoms with van der Waals surface area (Å²) < 4.78 is 38.5. The molecule has 0 unspecified atom stereocenters. The first-order chi connectivity index (χ1) is 8.89. The molecule has 0 aliphatic rings. The fourth-order valence-corrected chi connectivity index (χ4v) is 3.33. The molecule has 2 rings (SSSR count). The van der Waals surface area contributed by atoms with E-state index in [0.29, 0.717) is 5.69 Å². The maximum absolute atomic E-state index is 12.8. The standard InChI is InChI=1S/C12H13FN2O2S2/c1-9-14-11(8-18-9)7-15(2)19(16,17)12-5-3-10(13)4-6-12/h3-6,8H,7H2,1-2H3. The van der Waals surface area contributed by atoms with Crippen LogP contribution in [0, 0.1) is 12.7 Å². The quantitative estimate of drug-likeness (QED) is 0.871. The number of hydrogen-bond donors (Lipinski definition) is 0. The molecule has 1 aromatic heterocycles. The second kappa shape index (κ2) is 5.36. The summed E-state index contributed by atoms with van der Waals surface area (Å²) in [5, 5.41) is 2.72. The van der Waals surface area contributed by atoms with Gasteiger partial charge in [0.25, 0.3) is 0 Å². The zero-order valence-electron chi connectivity index (χ0n) is 10.5. The molecule has 0 aliphatic carbocycles. The average Bonchev–Trinajstić information content (AvgIpc) is 2.75. The minimum atomic E-state index is -3.61. The molecule has 2 aromatic rings. The molecule has 0 aliphatic heterocycles. The highest BCUT2D eigenvalue weighted by molar-refractivity contribution is 7.89. The zero-order chi connectivity index (χ0) is 14.0. The summed E-state index contributed by atoms with van der Waals surface area (Å²) in [7, 11) is -2.13. The van der Waals surface area contributed by atoms with Crippen LogP contribution in [0.2, 0.25) is 0 Å². The van der Waals surface area contributed by atoms with Gasteiger partial charge in [0.1, 0.15) is 5.82 Å². The monoisotopic (exact) mass is 300 g/mol. The lowest BCUT2D eigenvalue weighted by Crippen LogP contribution is -2.26. The molecule has 0 atom stereocenters. The summed E-state index contributed by atoms with van der Waals surface area (Å²) in [6, 6.07) is 4.78. The summed E-state index contributed by atoms with van der Waals surface area (Å²) in [4.78, 5) is 4.30. The third-order valence-electron chi connectivity index (χ3n) is 2.57. The second-order valence-corrected chi connectivity index (χ2v) is 7.18. The van der Waals surface area contributed by atoms with Crippen LogP contribution in [-0.2, 0) is 16.6 Å². The Balaban J connectivity index is 2.21. The van der Waals surface area contributed by atoms with E-state index in [1.165, 1.54) is 34.8 Å². The van der Waals surface area contributed by atoms with Crippen LogP contribution in [0.1, 0.15) is 10.7 Å². The molecule has 0 spiro atoms. The van der Waals surface area contributed by atoms with Gasteiger partial charge in [-0.2, -0.15) is 4.31 Å². The number of benzene rings is 1. The van der Waals surface area contributed by atoms with Gasteiger partial charge < -0.3 is 0 Å². The topological polar surface area (TPSA) is 50.3 Å². The minimum Gasteiger partial charge on any atom is -0.245 e. The van der Waals surface area contributed by atoms with Crippen LogP contribution in [0.5, 0.6) is 0 Å². The lowest BCUT2D eigenvalue weighted by Gasteiger charge is -2.15. The Hall–Kier alpha value is -1.31. The van der Waals surface area contributed by atoms with E-state index in [4.69, 9.17) is 0 Å². The highest BCUT2D eigenvalue weighted by Gasteiger charge is 2.21. The zero-order valence-corrected chi connectivity index (χ0v) is 12.1. The van der Waals surface area contributed by atoms with Gasteiger partial charge in [0, 0.05) is 12.4 Å². The van der Waals surface area contributed by atoms with Crippen LogP contribution < -0.4 is 0 Å². The Morgan fingerprint density at radius 1 is 1.32 bits per heavy atom. The fraction of sp³-hybridized carbons (Fsp3) is 0.250. The molecule has 0 amide bonds. The molecular weight excluding hydrogens is 287 g/mol. The Kier molecular flexibility index (Phi) is 3.98. The Labute approximate surface area is 115 Å². The van der Waals surface area contributed by atoms with Crippen molar-refractivity contribution in [1.29, 1.82) is 0 Å². The van der Waals surface area contributed by atoms with Gasteiger partial charge in [0.2, 0.25) is 10.0 Å². The number of rotatable bonds is 4. The van der Waals surface area contributed by atoms with Crippen molar-refractivity contribution in [3.63, 3.8) is 0 Å². The SMILES string of the molecule is Cc1nc(CN(C)S(=O)(=O)c2ccc(F)cc2)cs1. The summed E-state index contributed by atoms with van der Waals surface area (Å²) in [6.45, 7) is 2.06. The number of halogens is 1. The van der Waals surface area contributed by atoms with Crippen molar-refractivity contribution in [2.45, 2.75) is 18.4 Å². The van der Waals surface area contributed by atoms with E-state index in [0.717, 1.165) is 17.1 Å². The lowest BCUT2D eigenvalue weighted by molar-refractivity contribution is 0.462. The van der Waals surface area contributed by atoms with Gasteiger partial charge in [0.05, 0.1) is 22.1 Å². The van der Waals surface area contributed by atoms with Gasteiger partial charge in [-0.05, 0) is 31.2 Å². The van der Waals surface area contributed by atoms with Crippen LogP contribution in [0.15, 0.2) is 34.5 Å². The molecule has 102 valence electrons. The minimum absolute atomic E-state index is 0.0725. The number of thiazole rings is 1. The summed E-state index contributed by atoms with van der Waals surface area (Å²) in [6.07, 6.45) is 0. The molecule has 0 N–H and O–H groups in total. The highest BCUT2D eigenvalue weighted by atomic mass is 32.2. The first kappa shape index (κ1) is 14.1. The van der Waals surface area contributed by atoms with Crippen molar-refractivity contribution < 1.29 is 12.8 Å². The Bertz CT molecular complexity index is 665. The maximum atomic E-state index is 12.8. The van der Waals surface area contributed by atoms with Gasteiger partial charge in [-0.1, -0.05) is 0 Å². The number of nitrogens with zero attached hydrogens (tertiary/aromatic N) is 2. The Morgan fingerprint density at radius 3 is 2.47 bits per heavy atom. The first-order valence-electron chi connectivity index (χ1n) is 5.52. The van der Waals surface area contributed by atoms with Crippen LogP contribution in [0.25, 0.3) is 0 Å². The summed E-state index contributed by atoms with van der Waals surface area (Å²) >= 11 is 1.47. The summed E-state index contributed by atoms with van der Waals surface area (Å²) in [5.41, 5.74) is 0.704. The van der Waals surface area contributed by atoms with E-state index in [9.17, 15) is 12.8 Å². The maximum Gasteiger partial charge on any atom is 0.243 e. The predicted molar refractivity (Wildman–Crippen MR) is 71.9 cm³/mol. The smallest absolute Gasteiger partial charge is 0.243 e. The summed E-state index contributed by atoms with van der Waals surface area (Å²) in [5.74, 6) is -0.461. The van der Waals surface area contributed by atoms with Crippen LogP contribution in [0.3, 0.4) is 0 Å². The molecule has 1 heterocycles. The lowest BCUT2D eigenvalue weighted by atomic mass is 10.4. The second-order valence-electron chi connectivity index (χ2n) is 4.07. The van der Waals surface area contributed by atoms with E-state index in [2.05, 4.69) is 4.98 Å². The molecule has 4 nitrogen and oxygen atoms in total. The number of hydrogen-bond acceptors (Lipinski definition) is 4. The van der Waals surface area contributed by atoms with Crippen molar-refractivity contribution in [3.8, 4) is 0 Å². The van der Waals surface area contributed by atoms with Crippen molar-refractivity contribution in [1.82, 2.24) is 9.29 Å². The molecule has 0 radical (unpaired) electrons. The molecule has 0 fully saturated rings. The fourth-order valence-electron chi connectivity index (χ4n) is 1.58.